The Labute approximate surface area is 210 Å². The number of hydrogen-bond acceptors (Lipinski definition) is 6. The van der Waals surface area contributed by atoms with E-state index >= 15 is 0 Å². The van der Waals surface area contributed by atoms with Gasteiger partial charge in [-0.1, -0.05) is 49.4 Å². The third kappa shape index (κ3) is 4.64. The van der Waals surface area contributed by atoms with Crippen LogP contribution in [0.3, 0.4) is 0 Å². The Balaban J connectivity index is 1.85. The van der Waals surface area contributed by atoms with Gasteiger partial charge < -0.3 is 24.2 Å². The average Bonchev–Trinajstić information content (AvgIpc) is 3.17. The van der Waals surface area contributed by atoms with Crippen molar-refractivity contribution in [2.45, 2.75) is 25.9 Å². The second-order valence-corrected chi connectivity index (χ2v) is 8.44. The first-order valence-electron chi connectivity index (χ1n) is 11.6. The first-order valence-corrected chi connectivity index (χ1v) is 11.6. The zero-order valence-corrected chi connectivity index (χ0v) is 20.8. The summed E-state index contributed by atoms with van der Waals surface area (Å²) < 4.78 is 16.1. The molecule has 0 saturated carbocycles. The van der Waals surface area contributed by atoms with Crippen LogP contribution in [-0.2, 0) is 22.6 Å². The minimum absolute atomic E-state index is 0.0324. The highest BCUT2D eigenvalue weighted by Crippen LogP contribution is 2.42. The Morgan fingerprint density at radius 1 is 0.833 bits per heavy atom. The van der Waals surface area contributed by atoms with Crippen molar-refractivity contribution in [2.75, 3.05) is 21.3 Å². The molecule has 3 aromatic rings. The molecule has 0 aromatic heterocycles. The summed E-state index contributed by atoms with van der Waals surface area (Å²) in [5.74, 6) is 0.0272. The highest BCUT2D eigenvalue weighted by Gasteiger charge is 2.46. The van der Waals surface area contributed by atoms with Crippen LogP contribution < -0.4 is 14.2 Å². The lowest BCUT2D eigenvalue weighted by Crippen LogP contribution is -2.29. The van der Waals surface area contributed by atoms with Crippen LogP contribution in [0.2, 0.25) is 0 Å². The van der Waals surface area contributed by atoms with Crippen LogP contribution in [0.4, 0.5) is 0 Å². The molecule has 1 aliphatic rings. The number of carbonyl (C=O) groups is 2. The number of rotatable bonds is 8. The zero-order chi connectivity index (χ0) is 25.8. The molecule has 7 nitrogen and oxygen atoms in total. The van der Waals surface area contributed by atoms with Crippen molar-refractivity contribution in [1.82, 2.24) is 4.90 Å². The molecule has 1 amide bonds. The molecule has 1 heterocycles. The molecule has 36 heavy (non-hydrogen) atoms. The normalized spacial score (nSPS) is 16.8. The van der Waals surface area contributed by atoms with Crippen LogP contribution in [0.25, 0.3) is 5.76 Å². The second kappa shape index (κ2) is 10.6. The quantitative estimate of drug-likeness (QED) is 0.276. The monoisotopic (exact) mass is 487 g/mol. The molecule has 1 saturated heterocycles. The summed E-state index contributed by atoms with van der Waals surface area (Å²) in [5.41, 5.74) is 3.04. The van der Waals surface area contributed by atoms with Crippen molar-refractivity contribution in [3.8, 4) is 17.2 Å². The molecule has 1 aliphatic heterocycles. The van der Waals surface area contributed by atoms with E-state index in [2.05, 4.69) is 0 Å². The van der Waals surface area contributed by atoms with E-state index < -0.39 is 17.7 Å². The van der Waals surface area contributed by atoms with Crippen molar-refractivity contribution < 1.29 is 28.9 Å². The van der Waals surface area contributed by atoms with Crippen molar-refractivity contribution in [3.63, 3.8) is 0 Å². The molecule has 0 bridgehead atoms. The minimum atomic E-state index is -0.822. The van der Waals surface area contributed by atoms with Crippen molar-refractivity contribution in [2.24, 2.45) is 0 Å². The van der Waals surface area contributed by atoms with E-state index in [4.69, 9.17) is 14.2 Å². The molecule has 1 N–H and O–H groups in total. The Morgan fingerprint density at radius 2 is 1.47 bits per heavy atom. The van der Waals surface area contributed by atoms with E-state index in [0.29, 0.717) is 28.4 Å². The number of aliphatic hydroxyl groups is 1. The summed E-state index contributed by atoms with van der Waals surface area (Å²) in [6, 6.07) is 19.0. The fourth-order valence-electron chi connectivity index (χ4n) is 4.39. The number of benzene rings is 3. The number of methoxy groups -OCH3 is 3. The number of aryl methyl sites for hydroxylation is 1. The van der Waals surface area contributed by atoms with Crippen molar-refractivity contribution >= 4 is 17.4 Å². The molecule has 0 radical (unpaired) electrons. The molecule has 0 spiro atoms. The average molecular weight is 488 g/mol. The van der Waals surface area contributed by atoms with Gasteiger partial charge in [0.05, 0.1) is 32.9 Å². The molecule has 1 atom stereocenters. The summed E-state index contributed by atoms with van der Waals surface area (Å²) in [5, 5.41) is 11.3. The van der Waals surface area contributed by atoms with Gasteiger partial charge in [-0.15, -0.1) is 0 Å². The van der Waals surface area contributed by atoms with Crippen LogP contribution in [0, 0.1) is 0 Å². The number of Topliss-reactive ketones (excluding diaryl/α,β-unsaturated/α-hetero) is 1. The standard InChI is InChI=1S/C29H29NO6/c1-5-18-6-10-20(11-7-18)27(31)25-26(21-12-15-23(35-3)24(16-21)36-4)30(29(33)28(25)32)17-19-8-13-22(34-2)14-9-19/h6-16,26,31H,5,17H2,1-4H3/b27-25-. The number of carbonyl (C=O) groups excluding carboxylic acids is 2. The van der Waals surface area contributed by atoms with Crippen LogP contribution in [0.5, 0.6) is 17.2 Å². The number of ketones is 1. The van der Waals surface area contributed by atoms with Gasteiger partial charge in [0.25, 0.3) is 11.7 Å². The third-order valence-corrected chi connectivity index (χ3v) is 6.41. The lowest BCUT2D eigenvalue weighted by molar-refractivity contribution is -0.140. The largest absolute Gasteiger partial charge is 0.507 e. The smallest absolute Gasteiger partial charge is 0.295 e. The van der Waals surface area contributed by atoms with E-state index in [-0.39, 0.29) is 17.9 Å². The third-order valence-electron chi connectivity index (χ3n) is 6.41. The molecule has 3 aromatic carbocycles. The number of hydrogen-bond donors (Lipinski definition) is 1. The number of nitrogens with zero attached hydrogens (tertiary/aromatic N) is 1. The number of aliphatic hydroxyl groups excluding tert-OH is 1. The summed E-state index contributed by atoms with van der Waals surface area (Å²) >= 11 is 0. The fraction of sp³-hybridized carbons (Fsp3) is 0.241. The van der Waals surface area contributed by atoms with Gasteiger partial charge in [-0.25, -0.2) is 0 Å². The highest BCUT2D eigenvalue weighted by molar-refractivity contribution is 6.46. The summed E-state index contributed by atoms with van der Waals surface area (Å²) in [4.78, 5) is 28.1. The molecule has 7 heteroatoms. The van der Waals surface area contributed by atoms with E-state index in [9.17, 15) is 14.7 Å². The van der Waals surface area contributed by atoms with Crippen LogP contribution in [-0.4, -0.2) is 43.0 Å². The van der Waals surface area contributed by atoms with E-state index in [1.54, 1.807) is 49.6 Å². The zero-order valence-electron chi connectivity index (χ0n) is 20.8. The highest BCUT2D eigenvalue weighted by atomic mass is 16.5. The topological polar surface area (TPSA) is 85.3 Å². The Morgan fingerprint density at radius 3 is 2.06 bits per heavy atom. The number of amides is 1. The molecule has 1 unspecified atom stereocenters. The first-order chi connectivity index (χ1) is 17.4. The molecular weight excluding hydrogens is 458 g/mol. The summed E-state index contributed by atoms with van der Waals surface area (Å²) in [6.45, 7) is 2.20. The summed E-state index contributed by atoms with van der Waals surface area (Å²) in [7, 11) is 4.64. The van der Waals surface area contributed by atoms with Crippen molar-refractivity contribution in [3.05, 3.63) is 94.6 Å². The van der Waals surface area contributed by atoms with Crippen LogP contribution in [0.1, 0.15) is 35.2 Å². The number of ether oxygens (including phenoxy) is 3. The van der Waals surface area contributed by atoms with Gasteiger partial charge >= 0.3 is 0 Å². The van der Waals surface area contributed by atoms with E-state index in [0.717, 1.165) is 17.5 Å². The predicted molar refractivity (Wildman–Crippen MR) is 136 cm³/mol. The van der Waals surface area contributed by atoms with Crippen LogP contribution >= 0.6 is 0 Å². The first kappa shape index (κ1) is 24.9. The van der Waals surface area contributed by atoms with Gasteiger partial charge in [0.15, 0.2) is 11.5 Å². The van der Waals surface area contributed by atoms with Gasteiger partial charge in [0.1, 0.15) is 11.5 Å². The lowest BCUT2D eigenvalue weighted by atomic mass is 9.94. The molecule has 1 fully saturated rings. The Hall–Kier alpha value is -4.26. The molecule has 0 aliphatic carbocycles. The van der Waals surface area contributed by atoms with E-state index in [1.807, 2.05) is 31.2 Å². The maximum absolute atomic E-state index is 13.3. The van der Waals surface area contributed by atoms with Gasteiger partial charge in [0, 0.05) is 12.1 Å². The van der Waals surface area contributed by atoms with Gasteiger partial charge in [0.2, 0.25) is 0 Å². The Kier molecular flexibility index (Phi) is 7.29. The van der Waals surface area contributed by atoms with E-state index in [1.165, 1.54) is 19.1 Å². The lowest BCUT2D eigenvalue weighted by Gasteiger charge is -2.26. The van der Waals surface area contributed by atoms with Gasteiger partial charge in [-0.2, -0.15) is 0 Å². The van der Waals surface area contributed by atoms with Crippen molar-refractivity contribution in [1.29, 1.82) is 0 Å². The minimum Gasteiger partial charge on any atom is -0.507 e. The maximum atomic E-state index is 13.3. The summed E-state index contributed by atoms with van der Waals surface area (Å²) in [6.07, 6.45) is 0.846. The van der Waals surface area contributed by atoms with Crippen LogP contribution in [0.15, 0.2) is 72.3 Å². The maximum Gasteiger partial charge on any atom is 0.295 e. The predicted octanol–water partition coefficient (Wildman–Crippen LogP) is 4.90. The molecular formula is C29H29NO6. The number of likely N-dealkylation sites (tertiary alicyclic amines) is 1. The SMILES string of the molecule is CCc1ccc(/C(O)=C2/C(=O)C(=O)N(Cc3ccc(OC)cc3)C2c2ccc(OC)c(OC)c2)cc1. The fourth-order valence-corrected chi connectivity index (χ4v) is 4.39. The van der Waals surface area contributed by atoms with Gasteiger partial charge in [-0.3, -0.25) is 9.59 Å². The molecule has 4 rings (SSSR count). The Bertz CT molecular complexity index is 1290. The van der Waals surface area contributed by atoms with Gasteiger partial charge in [-0.05, 0) is 47.4 Å². The second-order valence-electron chi connectivity index (χ2n) is 8.44. The molecule has 186 valence electrons.